The summed E-state index contributed by atoms with van der Waals surface area (Å²) in [6, 6.07) is 19.2. The average molecular weight is 472 g/mol. The molecule has 0 atom stereocenters. The molecule has 0 fully saturated rings. The highest BCUT2D eigenvalue weighted by atomic mass is 32.1. The lowest BCUT2D eigenvalue weighted by atomic mass is 9.72. The van der Waals surface area contributed by atoms with Crippen molar-refractivity contribution in [3.05, 3.63) is 65.7 Å². The van der Waals surface area contributed by atoms with Gasteiger partial charge in [0.2, 0.25) is 0 Å². The average Bonchev–Trinajstić information content (AvgIpc) is 2.70. The van der Waals surface area contributed by atoms with Crippen LogP contribution in [-0.2, 0) is 16.7 Å². The summed E-state index contributed by atoms with van der Waals surface area (Å²) in [7, 11) is 4.49. The molecule has 0 aliphatic heterocycles. The van der Waals surface area contributed by atoms with E-state index in [2.05, 4.69) is 116 Å². The van der Waals surface area contributed by atoms with Gasteiger partial charge in [-0.1, -0.05) is 89.7 Å². The maximum Gasteiger partial charge on any atom is 0.130 e. The van der Waals surface area contributed by atoms with Gasteiger partial charge in [-0.3, -0.25) is 0 Å². The Bertz CT molecular complexity index is 835. The SMILES string of the molecule is CC(C)(C)CC(C)(C)c1ccc(OCCOCC[N+](C)(C)Cc2ccccc2)cc1.N#CS. The number of rotatable bonds is 11. The third kappa shape index (κ3) is 12.7. The molecule has 0 unspecified atom stereocenters. The number of ether oxygens (including phenoxy) is 2. The summed E-state index contributed by atoms with van der Waals surface area (Å²) < 4.78 is 12.6. The zero-order chi connectivity index (χ0) is 25.0. The Morgan fingerprint density at radius 1 is 0.879 bits per heavy atom. The lowest BCUT2D eigenvalue weighted by Crippen LogP contribution is -2.41. The molecule has 0 aliphatic carbocycles. The van der Waals surface area contributed by atoms with E-state index in [4.69, 9.17) is 14.7 Å². The van der Waals surface area contributed by atoms with Crippen LogP contribution in [0, 0.1) is 16.1 Å². The number of nitrogens with zero attached hydrogens (tertiary/aromatic N) is 2. The number of likely N-dealkylation sites (N-methyl/N-ethyl adjacent to an activating group) is 1. The van der Waals surface area contributed by atoms with Gasteiger partial charge in [0.25, 0.3) is 0 Å². The van der Waals surface area contributed by atoms with E-state index in [1.165, 1.54) is 16.5 Å². The highest BCUT2D eigenvalue weighted by Gasteiger charge is 2.27. The number of quaternary nitrogens is 1. The van der Waals surface area contributed by atoms with Crippen LogP contribution in [0.5, 0.6) is 5.75 Å². The Labute approximate surface area is 207 Å². The summed E-state index contributed by atoms with van der Waals surface area (Å²) in [6.45, 7) is 15.5. The van der Waals surface area contributed by atoms with Crippen molar-refractivity contribution in [2.45, 2.75) is 53.0 Å². The Hall–Kier alpha value is -2.00. The van der Waals surface area contributed by atoms with Crippen molar-refractivity contribution in [2.75, 3.05) is 40.5 Å². The number of hydrogen-bond acceptors (Lipinski definition) is 4. The van der Waals surface area contributed by atoms with Crippen molar-refractivity contribution in [3.63, 3.8) is 0 Å². The minimum Gasteiger partial charge on any atom is -0.491 e. The molecule has 2 aromatic carbocycles. The molecule has 0 aromatic heterocycles. The summed E-state index contributed by atoms with van der Waals surface area (Å²) in [4.78, 5) is 0. The van der Waals surface area contributed by atoms with Crippen molar-refractivity contribution < 1.29 is 14.0 Å². The predicted octanol–water partition coefficient (Wildman–Crippen LogP) is 6.47. The van der Waals surface area contributed by atoms with E-state index in [0.717, 1.165) is 36.3 Å². The molecule has 33 heavy (non-hydrogen) atoms. The topological polar surface area (TPSA) is 42.2 Å². The third-order valence-corrected chi connectivity index (χ3v) is 5.40. The van der Waals surface area contributed by atoms with E-state index in [0.29, 0.717) is 18.6 Å². The zero-order valence-electron chi connectivity index (χ0n) is 21.6. The van der Waals surface area contributed by atoms with Gasteiger partial charge in [-0.25, -0.2) is 0 Å². The Morgan fingerprint density at radius 3 is 2.00 bits per heavy atom. The molecule has 0 bridgehead atoms. The van der Waals surface area contributed by atoms with Gasteiger partial charge in [-0.05, 0) is 34.9 Å². The second-order valence-corrected chi connectivity index (χ2v) is 11.2. The number of benzene rings is 2. The highest BCUT2D eigenvalue weighted by Crippen LogP contribution is 2.36. The van der Waals surface area contributed by atoms with Crippen molar-refractivity contribution in [2.24, 2.45) is 5.41 Å². The van der Waals surface area contributed by atoms with Crippen LogP contribution >= 0.6 is 12.6 Å². The van der Waals surface area contributed by atoms with Gasteiger partial charge in [-0.2, -0.15) is 5.26 Å². The molecule has 0 saturated carbocycles. The highest BCUT2D eigenvalue weighted by molar-refractivity contribution is 7.85. The lowest BCUT2D eigenvalue weighted by molar-refractivity contribution is -0.904. The van der Waals surface area contributed by atoms with E-state index in [9.17, 15) is 0 Å². The first-order valence-electron chi connectivity index (χ1n) is 11.6. The normalized spacial score (nSPS) is 11.8. The number of nitriles is 1. The van der Waals surface area contributed by atoms with Gasteiger partial charge in [0.05, 0.1) is 27.3 Å². The Balaban J connectivity index is 0.00000172. The van der Waals surface area contributed by atoms with Crippen LogP contribution in [0.2, 0.25) is 0 Å². The van der Waals surface area contributed by atoms with E-state index in [1.807, 2.05) is 0 Å². The van der Waals surface area contributed by atoms with Crippen molar-refractivity contribution >= 4 is 12.6 Å². The first kappa shape index (κ1) is 29.0. The Morgan fingerprint density at radius 2 is 1.45 bits per heavy atom. The number of thiocyanates is 1. The van der Waals surface area contributed by atoms with Gasteiger partial charge in [-0.15, -0.1) is 0 Å². The second kappa shape index (κ2) is 13.6. The summed E-state index contributed by atoms with van der Waals surface area (Å²) in [5.74, 6) is 0.911. The van der Waals surface area contributed by atoms with Gasteiger partial charge >= 0.3 is 0 Å². The smallest absolute Gasteiger partial charge is 0.130 e. The molecule has 5 heteroatoms. The zero-order valence-corrected chi connectivity index (χ0v) is 22.5. The fraction of sp³-hybridized carbons (Fsp3) is 0.536. The Kier molecular flexibility index (Phi) is 12.0. The van der Waals surface area contributed by atoms with Gasteiger partial charge in [0, 0.05) is 5.56 Å². The molecule has 2 aromatic rings. The van der Waals surface area contributed by atoms with Gasteiger partial charge in [0.1, 0.15) is 30.8 Å². The van der Waals surface area contributed by atoms with Crippen LogP contribution < -0.4 is 4.74 Å². The van der Waals surface area contributed by atoms with E-state index in [1.54, 1.807) is 0 Å². The minimum atomic E-state index is 0.157. The number of thiol groups is 1. The summed E-state index contributed by atoms with van der Waals surface area (Å²) in [6.07, 6.45) is 1.15. The first-order valence-corrected chi connectivity index (χ1v) is 12.0. The maximum atomic E-state index is 7.18. The summed E-state index contributed by atoms with van der Waals surface area (Å²) in [5, 5.41) is 8.63. The van der Waals surface area contributed by atoms with Crippen LogP contribution in [0.1, 0.15) is 52.2 Å². The fourth-order valence-corrected chi connectivity index (χ4v) is 4.22. The maximum absolute atomic E-state index is 7.18. The van der Waals surface area contributed by atoms with Crippen molar-refractivity contribution in [1.82, 2.24) is 0 Å². The molecular formula is C28H43N2O2S+. The molecule has 182 valence electrons. The molecule has 0 saturated heterocycles. The molecule has 4 nitrogen and oxygen atoms in total. The molecular weight excluding hydrogens is 428 g/mol. The van der Waals surface area contributed by atoms with Crippen molar-refractivity contribution in [3.8, 4) is 11.2 Å². The fourth-order valence-electron chi connectivity index (χ4n) is 4.22. The van der Waals surface area contributed by atoms with E-state index >= 15 is 0 Å². The third-order valence-electron chi connectivity index (χ3n) is 5.40. The number of hydrogen-bond donors (Lipinski definition) is 1. The summed E-state index contributed by atoms with van der Waals surface area (Å²) in [5.41, 5.74) is 3.19. The van der Waals surface area contributed by atoms with Crippen LogP contribution in [-0.4, -0.2) is 44.9 Å². The lowest BCUT2D eigenvalue weighted by Gasteiger charge is -2.33. The second-order valence-electron chi connectivity index (χ2n) is 11.0. The van der Waals surface area contributed by atoms with Crippen LogP contribution in [0.3, 0.4) is 0 Å². The van der Waals surface area contributed by atoms with Gasteiger partial charge < -0.3 is 14.0 Å². The van der Waals surface area contributed by atoms with Crippen LogP contribution in [0.25, 0.3) is 0 Å². The standard InChI is InChI=1S/C27H42NO2.CHNS/c1-26(2,3)22-27(4,5)24-13-15-25(16-14-24)30-20-19-29-18-17-28(6,7)21-23-11-9-8-10-12-23;2-1-3/h8-16H,17-22H2,1-7H3;3H/q+1;. The van der Waals surface area contributed by atoms with E-state index in [-0.39, 0.29) is 5.41 Å². The molecule has 0 heterocycles. The summed E-state index contributed by atoms with van der Waals surface area (Å²) >= 11 is 3.09. The van der Waals surface area contributed by atoms with Crippen molar-refractivity contribution in [1.29, 1.82) is 5.26 Å². The molecule has 0 amide bonds. The largest absolute Gasteiger partial charge is 0.491 e. The van der Waals surface area contributed by atoms with Crippen LogP contribution in [0.4, 0.5) is 0 Å². The quantitative estimate of drug-likeness (QED) is 0.177. The molecule has 0 spiro atoms. The first-order chi connectivity index (χ1) is 15.4. The predicted molar refractivity (Wildman–Crippen MR) is 142 cm³/mol. The molecule has 0 N–H and O–H groups in total. The minimum absolute atomic E-state index is 0.157. The monoisotopic (exact) mass is 471 g/mol. The molecule has 2 rings (SSSR count). The molecule has 0 aliphatic rings. The van der Waals surface area contributed by atoms with E-state index < -0.39 is 0 Å². The van der Waals surface area contributed by atoms with Gasteiger partial charge in [0.15, 0.2) is 0 Å². The molecule has 0 radical (unpaired) electrons. The van der Waals surface area contributed by atoms with Crippen LogP contribution in [0.15, 0.2) is 54.6 Å².